The number of ether oxygens (including phenoxy) is 2. The van der Waals surface area contributed by atoms with Gasteiger partial charge in [0.25, 0.3) is 0 Å². The van der Waals surface area contributed by atoms with Gasteiger partial charge in [0.1, 0.15) is 5.75 Å². The lowest BCUT2D eigenvalue weighted by Gasteiger charge is -2.17. The first-order chi connectivity index (χ1) is 13.7. The number of rotatable bonds is 8. The van der Waals surface area contributed by atoms with Gasteiger partial charge < -0.3 is 9.47 Å². The Bertz CT molecular complexity index is 902. The van der Waals surface area contributed by atoms with E-state index < -0.39 is 12.1 Å². The third-order valence-electron chi connectivity index (χ3n) is 4.42. The normalized spacial score (nSPS) is 11.5. The molecular formula is C24H22O4. The smallest absolute Gasteiger partial charge is 0.307 e. The Morgan fingerprint density at radius 2 is 1.43 bits per heavy atom. The quantitative estimate of drug-likeness (QED) is 0.420. The van der Waals surface area contributed by atoms with Gasteiger partial charge in [-0.2, -0.15) is 0 Å². The predicted molar refractivity (Wildman–Crippen MR) is 107 cm³/mol. The van der Waals surface area contributed by atoms with Crippen molar-refractivity contribution in [2.45, 2.75) is 18.9 Å². The fourth-order valence-corrected chi connectivity index (χ4v) is 2.88. The second-order valence-corrected chi connectivity index (χ2v) is 6.36. The summed E-state index contributed by atoms with van der Waals surface area (Å²) in [6.07, 6.45) is -0.228. The largest absolute Gasteiger partial charge is 0.497 e. The zero-order valence-electron chi connectivity index (χ0n) is 15.7. The monoisotopic (exact) mass is 374 g/mol. The van der Waals surface area contributed by atoms with Crippen molar-refractivity contribution in [2.75, 3.05) is 7.11 Å². The third-order valence-corrected chi connectivity index (χ3v) is 4.42. The Hall–Kier alpha value is -3.40. The summed E-state index contributed by atoms with van der Waals surface area (Å²) < 4.78 is 10.7. The third kappa shape index (κ3) is 5.07. The molecule has 0 unspecified atom stereocenters. The van der Waals surface area contributed by atoms with Gasteiger partial charge in [-0.1, -0.05) is 72.8 Å². The van der Waals surface area contributed by atoms with Gasteiger partial charge in [-0.15, -0.1) is 0 Å². The number of hydrogen-bond acceptors (Lipinski definition) is 4. The van der Waals surface area contributed by atoms with Gasteiger partial charge in [0.05, 0.1) is 7.11 Å². The van der Waals surface area contributed by atoms with Crippen molar-refractivity contribution in [3.63, 3.8) is 0 Å². The Balaban J connectivity index is 1.70. The number of esters is 1. The Morgan fingerprint density at radius 1 is 0.821 bits per heavy atom. The maximum atomic E-state index is 12.9. The molecule has 3 rings (SSSR count). The first kappa shape index (κ1) is 19.4. The van der Waals surface area contributed by atoms with Crippen LogP contribution in [0.4, 0.5) is 0 Å². The fraction of sp³-hybridized carbons (Fsp3) is 0.167. The van der Waals surface area contributed by atoms with Crippen molar-refractivity contribution < 1.29 is 19.1 Å². The summed E-state index contributed by atoms with van der Waals surface area (Å²) in [5.74, 6) is 0.127. The summed E-state index contributed by atoms with van der Waals surface area (Å²) >= 11 is 0. The van der Waals surface area contributed by atoms with E-state index >= 15 is 0 Å². The van der Waals surface area contributed by atoms with E-state index in [1.807, 2.05) is 48.5 Å². The topological polar surface area (TPSA) is 52.6 Å². The van der Waals surface area contributed by atoms with E-state index in [0.29, 0.717) is 17.5 Å². The van der Waals surface area contributed by atoms with E-state index in [-0.39, 0.29) is 12.2 Å². The first-order valence-electron chi connectivity index (χ1n) is 9.14. The molecule has 0 radical (unpaired) electrons. The number of benzene rings is 3. The molecule has 0 aliphatic rings. The van der Waals surface area contributed by atoms with Crippen molar-refractivity contribution in [2.24, 2.45) is 0 Å². The van der Waals surface area contributed by atoms with Crippen molar-refractivity contribution in [1.82, 2.24) is 0 Å². The highest BCUT2D eigenvalue weighted by atomic mass is 16.5. The number of Topliss-reactive ketones (excluding diaryl/α,β-unsaturated/α-hetero) is 1. The van der Waals surface area contributed by atoms with Crippen LogP contribution in [0.25, 0.3) is 0 Å². The number of aryl methyl sites for hydroxylation is 1. The van der Waals surface area contributed by atoms with Crippen LogP contribution < -0.4 is 4.74 Å². The lowest BCUT2D eigenvalue weighted by Crippen LogP contribution is -2.20. The van der Waals surface area contributed by atoms with Crippen LogP contribution in [0.3, 0.4) is 0 Å². The molecule has 0 fully saturated rings. The van der Waals surface area contributed by atoms with Crippen LogP contribution in [0.2, 0.25) is 0 Å². The molecule has 0 aliphatic carbocycles. The van der Waals surface area contributed by atoms with Gasteiger partial charge in [0, 0.05) is 17.5 Å². The van der Waals surface area contributed by atoms with Gasteiger partial charge >= 0.3 is 5.97 Å². The molecule has 0 saturated carbocycles. The molecule has 0 amide bonds. The lowest BCUT2D eigenvalue weighted by molar-refractivity contribution is -0.147. The highest BCUT2D eigenvalue weighted by molar-refractivity contribution is 6.00. The molecule has 3 aromatic carbocycles. The van der Waals surface area contributed by atoms with Crippen molar-refractivity contribution in [1.29, 1.82) is 0 Å². The minimum atomic E-state index is -0.952. The number of carbonyl (C=O) groups excluding carboxylic acids is 2. The van der Waals surface area contributed by atoms with Gasteiger partial charge in [0.15, 0.2) is 6.10 Å². The first-order valence-corrected chi connectivity index (χ1v) is 9.14. The van der Waals surface area contributed by atoms with E-state index in [0.717, 1.165) is 11.3 Å². The minimum absolute atomic E-state index is 0.192. The van der Waals surface area contributed by atoms with E-state index in [2.05, 4.69) is 0 Å². The number of methoxy groups -OCH3 is 1. The molecule has 0 saturated heterocycles. The van der Waals surface area contributed by atoms with Crippen molar-refractivity contribution >= 4 is 11.8 Å². The molecule has 0 aromatic heterocycles. The van der Waals surface area contributed by atoms with E-state index in [4.69, 9.17) is 9.47 Å². The molecule has 0 aliphatic heterocycles. The molecule has 0 N–H and O–H groups in total. The predicted octanol–water partition coefficient (Wildman–Crippen LogP) is 4.80. The van der Waals surface area contributed by atoms with Crippen LogP contribution in [0.5, 0.6) is 5.75 Å². The second-order valence-electron chi connectivity index (χ2n) is 6.36. The van der Waals surface area contributed by atoms with Gasteiger partial charge in [0.2, 0.25) is 5.78 Å². The summed E-state index contributed by atoms with van der Waals surface area (Å²) in [7, 11) is 1.61. The van der Waals surface area contributed by atoms with Gasteiger partial charge in [-0.3, -0.25) is 9.59 Å². The molecule has 142 valence electrons. The Kier molecular flexibility index (Phi) is 6.58. The van der Waals surface area contributed by atoms with Gasteiger partial charge in [-0.05, 0) is 24.1 Å². The minimum Gasteiger partial charge on any atom is -0.497 e. The summed E-state index contributed by atoms with van der Waals surface area (Å²) in [6, 6.07) is 25.5. The maximum Gasteiger partial charge on any atom is 0.307 e. The molecule has 0 bridgehead atoms. The van der Waals surface area contributed by atoms with Crippen LogP contribution in [0.1, 0.15) is 34.0 Å². The van der Waals surface area contributed by atoms with E-state index in [9.17, 15) is 9.59 Å². The number of hydrogen-bond donors (Lipinski definition) is 0. The van der Waals surface area contributed by atoms with Crippen LogP contribution in [-0.2, 0) is 16.0 Å². The summed E-state index contributed by atoms with van der Waals surface area (Å²) in [4.78, 5) is 25.4. The SMILES string of the molecule is COc1ccc(CCC(=O)O[C@@H](C(=O)c2ccccc2)c2ccccc2)cc1. The standard InChI is InChI=1S/C24H22O4/c1-27-21-15-12-18(13-16-21)14-17-22(25)28-24(20-10-6-3-7-11-20)23(26)19-8-4-2-5-9-19/h2-13,15-16,24H,14,17H2,1H3/t24-/m1/s1. The van der Waals surface area contributed by atoms with E-state index in [1.165, 1.54) is 0 Å². The van der Waals surface area contributed by atoms with Gasteiger partial charge in [-0.25, -0.2) is 0 Å². The zero-order chi connectivity index (χ0) is 19.8. The average molecular weight is 374 g/mol. The molecule has 28 heavy (non-hydrogen) atoms. The highest BCUT2D eigenvalue weighted by Crippen LogP contribution is 2.23. The van der Waals surface area contributed by atoms with E-state index in [1.54, 1.807) is 43.5 Å². The van der Waals surface area contributed by atoms with Crippen LogP contribution >= 0.6 is 0 Å². The molecule has 1 atom stereocenters. The summed E-state index contributed by atoms with van der Waals surface area (Å²) in [5.41, 5.74) is 2.18. The van der Waals surface area contributed by atoms with Crippen LogP contribution in [0, 0.1) is 0 Å². The second kappa shape index (κ2) is 9.51. The zero-order valence-corrected chi connectivity index (χ0v) is 15.7. The average Bonchev–Trinajstić information content (AvgIpc) is 2.77. The fourth-order valence-electron chi connectivity index (χ4n) is 2.88. The van der Waals surface area contributed by atoms with Crippen molar-refractivity contribution in [3.8, 4) is 5.75 Å². The molecular weight excluding hydrogens is 352 g/mol. The molecule has 0 spiro atoms. The summed E-state index contributed by atoms with van der Waals surface area (Å²) in [6.45, 7) is 0. The van der Waals surface area contributed by atoms with Crippen LogP contribution in [-0.4, -0.2) is 18.9 Å². The maximum absolute atomic E-state index is 12.9. The van der Waals surface area contributed by atoms with Crippen LogP contribution in [0.15, 0.2) is 84.9 Å². The lowest BCUT2D eigenvalue weighted by atomic mass is 10.00. The summed E-state index contributed by atoms with van der Waals surface area (Å²) in [5, 5.41) is 0. The molecule has 0 heterocycles. The Labute approximate surface area is 164 Å². The van der Waals surface area contributed by atoms with Crippen molar-refractivity contribution in [3.05, 3.63) is 102 Å². The molecule has 3 aromatic rings. The highest BCUT2D eigenvalue weighted by Gasteiger charge is 2.25. The number of carbonyl (C=O) groups is 2. The molecule has 4 heteroatoms. The molecule has 4 nitrogen and oxygen atoms in total. The number of ketones is 1. The Morgan fingerprint density at radius 3 is 2.04 bits per heavy atom.